The molecule has 0 radical (unpaired) electrons. The first-order valence-corrected chi connectivity index (χ1v) is 11.8. The highest BCUT2D eigenvalue weighted by Gasteiger charge is 2.26. The minimum absolute atomic E-state index is 0. The van der Waals surface area contributed by atoms with Gasteiger partial charge in [0.15, 0.2) is 11.7 Å². The van der Waals surface area contributed by atoms with Crippen LogP contribution in [0.2, 0.25) is 0 Å². The fourth-order valence-electron chi connectivity index (χ4n) is 4.53. The van der Waals surface area contributed by atoms with E-state index in [1.807, 2.05) is 6.92 Å². The number of nitrogens with one attached hydrogen (secondary N) is 3. The van der Waals surface area contributed by atoms with Crippen molar-refractivity contribution in [1.82, 2.24) is 20.9 Å². The van der Waals surface area contributed by atoms with E-state index in [0.29, 0.717) is 24.9 Å². The number of aryl methyl sites for hydroxylation is 1. The van der Waals surface area contributed by atoms with Gasteiger partial charge in [-0.3, -0.25) is 9.79 Å². The molecular formula is C23H40IN5O2. The van der Waals surface area contributed by atoms with Gasteiger partial charge in [0.25, 0.3) is 5.91 Å². The van der Waals surface area contributed by atoms with Crippen LogP contribution in [-0.2, 0) is 0 Å². The van der Waals surface area contributed by atoms with Crippen molar-refractivity contribution in [3.05, 3.63) is 23.7 Å². The number of guanidine groups is 1. The summed E-state index contributed by atoms with van der Waals surface area (Å²) in [5, 5.41) is 9.88. The highest BCUT2D eigenvalue weighted by molar-refractivity contribution is 14.0. The highest BCUT2D eigenvalue weighted by Crippen LogP contribution is 2.25. The third kappa shape index (κ3) is 8.29. The van der Waals surface area contributed by atoms with Crippen molar-refractivity contribution in [2.45, 2.75) is 77.3 Å². The highest BCUT2D eigenvalue weighted by atomic mass is 127. The largest absolute Gasteiger partial charge is 0.459 e. The lowest BCUT2D eigenvalue weighted by Gasteiger charge is -2.39. The van der Waals surface area contributed by atoms with Gasteiger partial charge in [-0.2, -0.15) is 0 Å². The van der Waals surface area contributed by atoms with Crippen LogP contribution in [0.3, 0.4) is 0 Å². The molecule has 2 fully saturated rings. The predicted octanol–water partition coefficient (Wildman–Crippen LogP) is 3.68. The Morgan fingerprint density at radius 2 is 1.90 bits per heavy atom. The monoisotopic (exact) mass is 545 g/mol. The van der Waals surface area contributed by atoms with E-state index in [1.165, 1.54) is 58.0 Å². The molecule has 0 atom stereocenters. The Balaban J connectivity index is 0.00000341. The molecule has 1 aliphatic carbocycles. The van der Waals surface area contributed by atoms with E-state index in [1.54, 1.807) is 12.3 Å². The average molecular weight is 546 g/mol. The number of rotatable bonds is 8. The van der Waals surface area contributed by atoms with Gasteiger partial charge in [0.1, 0.15) is 0 Å². The second-order valence-electron chi connectivity index (χ2n) is 8.55. The summed E-state index contributed by atoms with van der Waals surface area (Å²) in [6.45, 7) is 8.46. The Morgan fingerprint density at radius 1 is 1.16 bits per heavy atom. The number of carbonyl (C=O) groups excluding carboxylic acids is 1. The summed E-state index contributed by atoms with van der Waals surface area (Å²) in [5.74, 6) is 1.13. The Bertz CT molecular complexity index is 679. The predicted molar refractivity (Wildman–Crippen MR) is 136 cm³/mol. The van der Waals surface area contributed by atoms with Crippen molar-refractivity contribution in [2.24, 2.45) is 4.99 Å². The zero-order valence-electron chi connectivity index (χ0n) is 19.1. The number of piperidine rings is 1. The Labute approximate surface area is 204 Å². The lowest BCUT2D eigenvalue weighted by atomic mass is 9.92. The van der Waals surface area contributed by atoms with Gasteiger partial charge < -0.3 is 25.3 Å². The van der Waals surface area contributed by atoms with Crippen LogP contribution in [0.25, 0.3) is 0 Å². The Kier molecular flexibility index (Phi) is 11.7. The van der Waals surface area contributed by atoms with Crippen molar-refractivity contribution in [2.75, 3.05) is 32.7 Å². The van der Waals surface area contributed by atoms with E-state index in [4.69, 9.17) is 9.41 Å². The molecule has 1 aliphatic heterocycles. The van der Waals surface area contributed by atoms with Crippen molar-refractivity contribution in [3.63, 3.8) is 0 Å². The maximum Gasteiger partial charge on any atom is 0.287 e. The quantitative estimate of drug-likeness (QED) is 0.201. The van der Waals surface area contributed by atoms with Gasteiger partial charge >= 0.3 is 0 Å². The van der Waals surface area contributed by atoms with Gasteiger partial charge in [-0.05, 0) is 52.0 Å². The normalized spacial score (nSPS) is 19.0. The molecule has 0 spiro atoms. The van der Waals surface area contributed by atoms with Crippen molar-refractivity contribution >= 4 is 35.8 Å². The van der Waals surface area contributed by atoms with Crippen LogP contribution in [0.5, 0.6) is 0 Å². The summed E-state index contributed by atoms with van der Waals surface area (Å²) in [6, 6.07) is 3.11. The minimum Gasteiger partial charge on any atom is -0.459 e. The van der Waals surface area contributed by atoms with Gasteiger partial charge in [-0.1, -0.05) is 19.3 Å². The summed E-state index contributed by atoms with van der Waals surface area (Å²) < 4.78 is 5.22. The number of aliphatic imine (C=N–C) groups is 1. The van der Waals surface area contributed by atoms with Gasteiger partial charge in [0.2, 0.25) is 0 Å². The maximum atomic E-state index is 12.1. The molecule has 31 heavy (non-hydrogen) atoms. The van der Waals surface area contributed by atoms with E-state index in [0.717, 1.165) is 30.5 Å². The van der Waals surface area contributed by atoms with E-state index < -0.39 is 0 Å². The molecule has 3 N–H and O–H groups in total. The summed E-state index contributed by atoms with van der Waals surface area (Å²) in [5.41, 5.74) is 0.860. The first-order chi connectivity index (χ1) is 14.7. The van der Waals surface area contributed by atoms with Crippen LogP contribution >= 0.6 is 24.0 Å². The zero-order valence-corrected chi connectivity index (χ0v) is 21.5. The van der Waals surface area contributed by atoms with Gasteiger partial charge in [0.05, 0.1) is 6.26 Å². The van der Waals surface area contributed by atoms with Gasteiger partial charge in [0, 0.05) is 50.4 Å². The summed E-state index contributed by atoms with van der Waals surface area (Å²) in [6.07, 6.45) is 11.7. The topological polar surface area (TPSA) is 81.9 Å². The number of halogens is 1. The molecule has 1 aromatic heterocycles. The number of furan rings is 1. The van der Waals surface area contributed by atoms with E-state index in [9.17, 15) is 4.79 Å². The van der Waals surface area contributed by atoms with Crippen LogP contribution in [0, 0.1) is 6.92 Å². The molecule has 1 aromatic rings. The molecule has 3 rings (SSSR count). The number of likely N-dealkylation sites (tertiary alicyclic amines) is 1. The molecule has 8 heteroatoms. The van der Waals surface area contributed by atoms with E-state index in [2.05, 4.69) is 27.8 Å². The van der Waals surface area contributed by atoms with Crippen molar-refractivity contribution in [1.29, 1.82) is 0 Å². The van der Waals surface area contributed by atoms with Crippen molar-refractivity contribution in [3.8, 4) is 0 Å². The molecule has 2 aliphatic rings. The van der Waals surface area contributed by atoms with Crippen LogP contribution in [-0.4, -0.2) is 61.6 Å². The second kappa shape index (κ2) is 14.0. The lowest BCUT2D eigenvalue weighted by molar-refractivity contribution is 0.0925. The standard InChI is InChI=1S/C23H39N5O2.HI/c1-3-24-23(26-14-7-13-25-22(29)21-18(2)12-17-30-21)27-19-10-15-28(16-11-19)20-8-5-4-6-9-20;/h12,17,19-20H,3-11,13-16H2,1-2H3,(H,25,29)(H2,24,26,27);1H. The van der Waals surface area contributed by atoms with Crippen LogP contribution < -0.4 is 16.0 Å². The second-order valence-corrected chi connectivity index (χ2v) is 8.55. The molecule has 0 bridgehead atoms. The third-order valence-electron chi connectivity index (χ3n) is 6.26. The molecule has 7 nitrogen and oxygen atoms in total. The Morgan fingerprint density at radius 3 is 2.55 bits per heavy atom. The fourth-order valence-corrected chi connectivity index (χ4v) is 4.53. The van der Waals surface area contributed by atoms with Gasteiger partial charge in [-0.15, -0.1) is 24.0 Å². The lowest BCUT2D eigenvalue weighted by Crippen LogP contribution is -2.51. The fraction of sp³-hybridized carbons (Fsp3) is 0.739. The minimum atomic E-state index is -0.156. The van der Waals surface area contributed by atoms with E-state index in [-0.39, 0.29) is 29.9 Å². The molecule has 176 valence electrons. The summed E-state index contributed by atoms with van der Waals surface area (Å²) >= 11 is 0. The van der Waals surface area contributed by atoms with E-state index >= 15 is 0 Å². The smallest absolute Gasteiger partial charge is 0.287 e. The van der Waals surface area contributed by atoms with Gasteiger partial charge in [-0.25, -0.2) is 0 Å². The average Bonchev–Trinajstić information content (AvgIpc) is 3.20. The first-order valence-electron chi connectivity index (χ1n) is 11.8. The van der Waals surface area contributed by atoms with Crippen LogP contribution in [0.15, 0.2) is 21.7 Å². The molecule has 1 amide bonds. The molecule has 0 aromatic carbocycles. The molecule has 0 unspecified atom stereocenters. The number of carbonyl (C=O) groups is 1. The maximum absolute atomic E-state index is 12.1. The Hall–Kier alpha value is -1.29. The van der Waals surface area contributed by atoms with Crippen LogP contribution in [0.1, 0.15) is 74.4 Å². The molecule has 1 saturated carbocycles. The summed E-state index contributed by atoms with van der Waals surface area (Å²) in [4.78, 5) is 19.5. The first kappa shape index (κ1) is 26.0. The molecule has 2 heterocycles. The van der Waals surface area contributed by atoms with Crippen molar-refractivity contribution < 1.29 is 9.21 Å². The third-order valence-corrected chi connectivity index (χ3v) is 6.26. The number of nitrogens with zero attached hydrogens (tertiary/aromatic N) is 2. The zero-order chi connectivity index (χ0) is 21.2. The SMILES string of the molecule is CCNC(=NCCCNC(=O)c1occc1C)NC1CCN(C2CCCCC2)CC1.I. The number of amides is 1. The summed E-state index contributed by atoms with van der Waals surface area (Å²) in [7, 11) is 0. The number of hydrogen-bond acceptors (Lipinski definition) is 4. The van der Waals surface area contributed by atoms with Crippen LogP contribution in [0.4, 0.5) is 0 Å². The molecule has 1 saturated heterocycles. The molecular weight excluding hydrogens is 505 g/mol. The number of hydrogen-bond donors (Lipinski definition) is 3.